The van der Waals surface area contributed by atoms with E-state index in [9.17, 15) is 37.6 Å². The molecule has 7 rings (SSSR count). The number of carbonyl (C=O) groups is 4. The number of amides is 4. The Morgan fingerprint density at radius 2 is 1.77 bits per heavy atom. The van der Waals surface area contributed by atoms with Crippen molar-refractivity contribution in [2.45, 2.75) is 127 Å². The maximum Gasteiger partial charge on any atom is 0.417 e. The Hall–Kier alpha value is -4.92. The number of nitriles is 1. The lowest BCUT2D eigenvalue weighted by atomic mass is 9.82. The third-order valence-electron chi connectivity index (χ3n) is 12.9. The lowest BCUT2D eigenvalue weighted by Crippen LogP contribution is -2.51. The third-order valence-corrected chi connectivity index (χ3v) is 13.3. The maximum absolute atomic E-state index is 13.8. The van der Waals surface area contributed by atoms with E-state index in [4.69, 9.17) is 17.0 Å². The number of hydrogen-bond acceptors (Lipinski definition) is 9. The fraction of sp³-hybridized carbons (Fsp3) is 0.558. The number of aryl methyl sites for hydroxylation is 1. The number of fused-ring (bicyclic) bond motifs is 1. The predicted molar refractivity (Wildman–Crippen MR) is 222 cm³/mol. The average molecular weight is 849 g/mol. The molecule has 3 aromatic rings. The Morgan fingerprint density at radius 3 is 2.42 bits per heavy atom. The highest BCUT2D eigenvalue weighted by Gasteiger charge is 2.52. The number of ether oxygens (including phenoxy) is 1. The first-order chi connectivity index (χ1) is 28.4. The molecule has 1 unspecified atom stereocenters. The number of likely N-dealkylation sites (tertiary alicyclic amines) is 1. The van der Waals surface area contributed by atoms with E-state index >= 15 is 0 Å². The molecule has 3 saturated heterocycles. The number of nitrogens with zero attached hydrogens (tertiary/aromatic N) is 6. The summed E-state index contributed by atoms with van der Waals surface area (Å²) < 4.78 is 49.4. The first-order valence-electron chi connectivity index (χ1n) is 20.6. The number of alkyl halides is 3. The molecule has 0 bridgehead atoms. The van der Waals surface area contributed by atoms with Gasteiger partial charge in [-0.1, -0.05) is 12.1 Å². The van der Waals surface area contributed by atoms with Gasteiger partial charge in [0, 0.05) is 43.6 Å². The first-order valence-corrected chi connectivity index (χ1v) is 21.1. The zero-order valence-electron chi connectivity index (χ0n) is 34.5. The van der Waals surface area contributed by atoms with Crippen molar-refractivity contribution >= 4 is 63.2 Å². The summed E-state index contributed by atoms with van der Waals surface area (Å²) in [5.74, 6) is -1.33. The minimum Gasteiger partial charge on any atom is -0.378 e. The van der Waals surface area contributed by atoms with Crippen LogP contribution in [-0.4, -0.2) is 91.2 Å². The number of halogens is 3. The van der Waals surface area contributed by atoms with Crippen LogP contribution in [0, 0.1) is 17.2 Å². The molecule has 3 aliphatic heterocycles. The predicted octanol–water partition coefficient (Wildman–Crippen LogP) is 6.54. The molecule has 4 fully saturated rings. The normalized spacial score (nSPS) is 26.4. The van der Waals surface area contributed by atoms with E-state index in [2.05, 4.69) is 34.5 Å². The number of aromatic nitrogens is 2. The van der Waals surface area contributed by atoms with Gasteiger partial charge < -0.3 is 15.0 Å². The number of piperidine rings is 2. The number of rotatable bonds is 10. The number of anilines is 2. The van der Waals surface area contributed by atoms with E-state index in [1.54, 1.807) is 31.6 Å². The van der Waals surface area contributed by atoms with Gasteiger partial charge in [-0.15, -0.1) is 0 Å². The van der Waals surface area contributed by atoms with Crippen LogP contribution in [0.2, 0.25) is 0 Å². The summed E-state index contributed by atoms with van der Waals surface area (Å²) in [6, 6.07) is 10.5. The van der Waals surface area contributed by atoms with Crippen molar-refractivity contribution in [1.29, 1.82) is 5.26 Å². The van der Waals surface area contributed by atoms with Gasteiger partial charge in [-0.2, -0.15) is 23.5 Å². The van der Waals surface area contributed by atoms with Crippen LogP contribution in [0.15, 0.2) is 36.4 Å². The quantitative estimate of drug-likeness (QED) is 0.170. The molecule has 2 aromatic carbocycles. The van der Waals surface area contributed by atoms with E-state index in [1.165, 1.54) is 11.0 Å². The number of imide groups is 1. The second kappa shape index (κ2) is 16.9. The summed E-state index contributed by atoms with van der Waals surface area (Å²) in [7, 11) is 1.78. The SMILES string of the molecule is C[C@@H]1C[C@H](OCC[C@H]2CC[C@H](N3C(=S)N(c4ccc(C#N)c(C(F)(F)F)c4)C(=O)C3(C)C)CC2)C[C@H](C)N1CC(=O)Nc1cccc2c(C3CCC(=O)NC3=O)nn(C)c12. The molecule has 13 nitrogen and oxygen atoms in total. The van der Waals surface area contributed by atoms with Gasteiger partial charge in [0.15, 0.2) is 5.11 Å². The minimum absolute atomic E-state index is 0.00226. The molecule has 0 radical (unpaired) electrons. The summed E-state index contributed by atoms with van der Waals surface area (Å²) in [6.07, 6.45) is 1.73. The molecule has 60 heavy (non-hydrogen) atoms. The number of thiocarbonyl (C=S) groups is 1. The topological polar surface area (TPSA) is 153 Å². The fourth-order valence-electron chi connectivity index (χ4n) is 9.79. The zero-order chi connectivity index (χ0) is 43.3. The average Bonchev–Trinajstić information content (AvgIpc) is 3.61. The van der Waals surface area contributed by atoms with Gasteiger partial charge in [0.1, 0.15) is 5.54 Å². The van der Waals surface area contributed by atoms with Crippen LogP contribution in [0.1, 0.15) is 108 Å². The second-order valence-corrected chi connectivity index (χ2v) is 17.6. The third kappa shape index (κ3) is 8.38. The summed E-state index contributed by atoms with van der Waals surface area (Å²) in [4.78, 5) is 56.7. The fourth-order valence-corrected chi connectivity index (χ4v) is 10.4. The summed E-state index contributed by atoms with van der Waals surface area (Å²) in [5, 5.41) is 20.3. The molecule has 4 aliphatic rings. The lowest BCUT2D eigenvalue weighted by molar-refractivity contribution is -0.138. The van der Waals surface area contributed by atoms with Gasteiger partial charge in [-0.05, 0) is 121 Å². The Balaban J connectivity index is 0.884. The number of carbonyl (C=O) groups excluding carboxylic acids is 4. The summed E-state index contributed by atoms with van der Waals surface area (Å²) >= 11 is 5.77. The Morgan fingerprint density at radius 1 is 1.07 bits per heavy atom. The Bertz CT molecular complexity index is 2230. The van der Waals surface area contributed by atoms with Crippen LogP contribution < -0.4 is 15.5 Å². The molecule has 2 N–H and O–H groups in total. The zero-order valence-corrected chi connectivity index (χ0v) is 35.3. The van der Waals surface area contributed by atoms with Crippen molar-refractivity contribution in [2.24, 2.45) is 13.0 Å². The van der Waals surface area contributed by atoms with Gasteiger partial charge in [0.2, 0.25) is 17.7 Å². The van der Waals surface area contributed by atoms with E-state index in [0.717, 1.165) is 62.5 Å². The molecule has 4 heterocycles. The molecule has 320 valence electrons. The van der Waals surface area contributed by atoms with Crippen molar-refractivity contribution in [3.05, 3.63) is 53.2 Å². The number of nitrogens with one attached hydrogen (secondary N) is 2. The standard InChI is InChI=1S/C43H51F3N8O5S/c1-24-19-30(20-25(2)52(24)23-36(56)48-34-8-6-7-31-37(50-51(5)38(31)34)32-15-16-35(55)49-39(32)57)59-18-17-26-9-12-28(13-10-26)54-41(60)53(40(58)42(54,3)4)29-14-11-27(22-47)33(21-29)43(44,45)46/h6-8,11,14,21,24-26,28,30,32H,9-10,12-13,15-20,23H2,1-5H3,(H,48,56)(H,49,55,57)/t24-,25+,26-,28-,30+,32?. The number of benzene rings is 2. The molecule has 4 amide bonds. The minimum atomic E-state index is -4.76. The second-order valence-electron chi connectivity index (χ2n) is 17.3. The highest BCUT2D eigenvalue weighted by atomic mass is 32.1. The number of hydrogen-bond donors (Lipinski definition) is 2. The number of para-hydroxylation sites is 1. The molecule has 4 atom stereocenters. The summed E-state index contributed by atoms with van der Waals surface area (Å²) in [5.41, 5.74) is -0.769. The Labute approximate surface area is 352 Å². The molecule has 1 aromatic heterocycles. The van der Waals surface area contributed by atoms with Crippen molar-refractivity contribution < 1.29 is 37.1 Å². The van der Waals surface area contributed by atoms with Gasteiger partial charge in [0.05, 0.1) is 58.3 Å². The van der Waals surface area contributed by atoms with Gasteiger partial charge in [-0.3, -0.25) is 39.0 Å². The highest BCUT2D eigenvalue weighted by Crippen LogP contribution is 2.42. The van der Waals surface area contributed by atoms with E-state index in [0.29, 0.717) is 35.8 Å². The molecule has 1 saturated carbocycles. The van der Waals surface area contributed by atoms with Gasteiger partial charge >= 0.3 is 6.18 Å². The van der Waals surface area contributed by atoms with Crippen LogP contribution in [-0.2, 0) is 37.1 Å². The van der Waals surface area contributed by atoms with Crippen LogP contribution in [0.25, 0.3) is 10.9 Å². The molecular weight excluding hydrogens is 798 g/mol. The molecule has 1 aliphatic carbocycles. The largest absolute Gasteiger partial charge is 0.417 e. The lowest BCUT2D eigenvalue weighted by Gasteiger charge is -2.42. The van der Waals surface area contributed by atoms with E-state index < -0.39 is 34.7 Å². The van der Waals surface area contributed by atoms with Crippen LogP contribution >= 0.6 is 12.2 Å². The van der Waals surface area contributed by atoms with Crippen molar-refractivity contribution in [2.75, 3.05) is 23.4 Å². The van der Waals surface area contributed by atoms with E-state index in [1.807, 2.05) is 23.1 Å². The Kier molecular flexibility index (Phi) is 12.1. The van der Waals surface area contributed by atoms with Gasteiger partial charge in [0.25, 0.3) is 5.91 Å². The van der Waals surface area contributed by atoms with Crippen molar-refractivity contribution in [1.82, 2.24) is 24.9 Å². The van der Waals surface area contributed by atoms with Gasteiger partial charge in [-0.25, -0.2) is 0 Å². The highest BCUT2D eigenvalue weighted by molar-refractivity contribution is 7.80. The van der Waals surface area contributed by atoms with E-state index in [-0.39, 0.29) is 65.7 Å². The smallest absolute Gasteiger partial charge is 0.378 e. The summed E-state index contributed by atoms with van der Waals surface area (Å²) in [6.45, 7) is 8.54. The van der Waals surface area contributed by atoms with Crippen molar-refractivity contribution in [3.63, 3.8) is 0 Å². The first kappa shape index (κ1) is 43.2. The van der Waals surface area contributed by atoms with Crippen molar-refractivity contribution in [3.8, 4) is 6.07 Å². The molecule has 17 heteroatoms. The molecule has 0 spiro atoms. The molecular formula is C43H51F3N8O5S. The van der Waals surface area contributed by atoms with Crippen LogP contribution in [0.3, 0.4) is 0 Å². The maximum atomic E-state index is 13.8. The monoisotopic (exact) mass is 848 g/mol. The van der Waals surface area contributed by atoms with Crippen LogP contribution in [0.5, 0.6) is 0 Å². The van der Waals surface area contributed by atoms with Crippen LogP contribution in [0.4, 0.5) is 24.5 Å².